The van der Waals surface area contributed by atoms with Gasteiger partial charge in [-0.25, -0.2) is 0 Å². The van der Waals surface area contributed by atoms with Crippen molar-refractivity contribution in [3.8, 4) is 0 Å². The Balaban J connectivity index is 1.85. The van der Waals surface area contributed by atoms with Crippen LogP contribution in [0.1, 0.15) is 12.8 Å². The fraction of sp³-hybridized carbons (Fsp3) is 0.462. The average molecular weight is 297 g/mol. The number of hydrogen-bond donors (Lipinski definition) is 1. The molecule has 1 aliphatic rings. The summed E-state index contributed by atoms with van der Waals surface area (Å²) >= 11 is 3.39. The summed E-state index contributed by atoms with van der Waals surface area (Å²) in [4.78, 5) is 14.1. The van der Waals surface area contributed by atoms with Crippen LogP contribution in [0.3, 0.4) is 0 Å². The molecule has 1 aromatic rings. The average Bonchev–Trinajstić information content (AvgIpc) is 2.63. The number of anilines is 1. The monoisotopic (exact) mass is 296 g/mol. The summed E-state index contributed by atoms with van der Waals surface area (Å²) in [6, 6.07) is 7.69. The van der Waals surface area contributed by atoms with Gasteiger partial charge in [-0.15, -0.1) is 0 Å². The first kappa shape index (κ1) is 12.6. The summed E-state index contributed by atoms with van der Waals surface area (Å²) in [5.41, 5.74) is 0.857. The third-order valence-corrected chi connectivity index (χ3v) is 3.56. The molecule has 0 spiro atoms. The van der Waals surface area contributed by atoms with E-state index in [2.05, 4.69) is 33.2 Å². The Kier molecular flexibility index (Phi) is 4.18. The van der Waals surface area contributed by atoms with Gasteiger partial charge in [0.15, 0.2) is 0 Å². The lowest BCUT2D eigenvalue weighted by Gasteiger charge is -2.10. The maximum absolute atomic E-state index is 11.8. The molecule has 92 valence electrons. The minimum Gasteiger partial charge on any atom is -0.326 e. The number of likely N-dealkylation sites (tertiary alicyclic amines) is 1. The zero-order chi connectivity index (χ0) is 12.3. The van der Waals surface area contributed by atoms with Crippen LogP contribution in [0.15, 0.2) is 28.7 Å². The first-order chi connectivity index (χ1) is 8.13. The summed E-state index contributed by atoms with van der Waals surface area (Å²) in [7, 11) is 2.10. The van der Waals surface area contributed by atoms with E-state index >= 15 is 0 Å². The van der Waals surface area contributed by atoms with Crippen molar-refractivity contribution < 1.29 is 4.79 Å². The number of carbonyl (C=O) groups excluding carboxylic acids is 1. The van der Waals surface area contributed by atoms with E-state index in [0.717, 1.165) is 29.7 Å². The Hall–Kier alpha value is -0.870. The number of amides is 1. The van der Waals surface area contributed by atoms with E-state index in [-0.39, 0.29) is 5.91 Å². The molecule has 0 aliphatic carbocycles. The summed E-state index contributed by atoms with van der Waals surface area (Å²) in [6.07, 6.45) is 1.75. The molecule has 1 aliphatic heterocycles. The molecule has 1 unspecified atom stereocenters. The van der Waals surface area contributed by atoms with E-state index in [0.29, 0.717) is 12.3 Å². The highest BCUT2D eigenvalue weighted by Crippen LogP contribution is 2.20. The van der Waals surface area contributed by atoms with Crippen molar-refractivity contribution in [2.24, 2.45) is 5.92 Å². The Morgan fingerprint density at radius 3 is 3.06 bits per heavy atom. The van der Waals surface area contributed by atoms with Gasteiger partial charge in [0.1, 0.15) is 0 Å². The molecule has 0 aromatic heterocycles. The summed E-state index contributed by atoms with van der Waals surface area (Å²) in [6.45, 7) is 2.14. The van der Waals surface area contributed by atoms with Crippen LogP contribution in [-0.2, 0) is 4.79 Å². The number of carbonyl (C=O) groups is 1. The Morgan fingerprint density at radius 1 is 1.59 bits per heavy atom. The quantitative estimate of drug-likeness (QED) is 0.930. The highest BCUT2D eigenvalue weighted by atomic mass is 79.9. The first-order valence-corrected chi connectivity index (χ1v) is 6.67. The van der Waals surface area contributed by atoms with Crippen molar-refractivity contribution in [1.82, 2.24) is 4.90 Å². The van der Waals surface area contributed by atoms with Crippen molar-refractivity contribution in [3.63, 3.8) is 0 Å². The Morgan fingerprint density at radius 2 is 2.41 bits per heavy atom. The van der Waals surface area contributed by atoms with Gasteiger partial charge in [-0.3, -0.25) is 4.79 Å². The van der Waals surface area contributed by atoms with Crippen LogP contribution in [-0.4, -0.2) is 30.9 Å². The van der Waals surface area contributed by atoms with Crippen molar-refractivity contribution in [2.75, 3.05) is 25.5 Å². The van der Waals surface area contributed by atoms with Crippen molar-refractivity contribution in [2.45, 2.75) is 12.8 Å². The molecule has 0 bridgehead atoms. The van der Waals surface area contributed by atoms with E-state index in [1.165, 1.54) is 0 Å². The van der Waals surface area contributed by atoms with Gasteiger partial charge >= 0.3 is 0 Å². The van der Waals surface area contributed by atoms with Crippen molar-refractivity contribution in [1.29, 1.82) is 0 Å². The highest BCUT2D eigenvalue weighted by molar-refractivity contribution is 9.10. The van der Waals surface area contributed by atoms with E-state index in [4.69, 9.17) is 0 Å². The second kappa shape index (κ2) is 5.65. The summed E-state index contributed by atoms with van der Waals surface area (Å²) in [5, 5.41) is 2.94. The fourth-order valence-electron chi connectivity index (χ4n) is 2.23. The molecular formula is C13H17BrN2O. The molecule has 4 heteroatoms. The van der Waals surface area contributed by atoms with Crippen LogP contribution in [0.2, 0.25) is 0 Å². The standard InChI is InChI=1S/C13H17BrN2O/c1-16-6-5-10(9-16)7-13(17)15-12-4-2-3-11(14)8-12/h2-4,8,10H,5-7,9H2,1H3,(H,15,17). The third kappa shape index (κ3) is 3.82. The lowest BCUT2D eigenvalue weighted by Crippen LogP contribution is -2.19. The highest BCUT2D eigenvalue weighted by Gasteiger charge is 2.21. The summed E-state index contributed by atoms with van der Waals surface area (Å²) in [5.74, 6) is 0.621. The SMILES string of the molecule is CN1CCC(CC(=O)Nc2cccc(Br)c2)C1. The second-order valence-electron chi connectivity index (χ2n) is 4.68. The lowest BCUT2D eigenvalue weighted by molar-refractivity contribution is -0.117. The van der Waals surface area contributed by atoms with Crippen LogP contribution < -0.4 is 5.32 Å². The molecular weight excluding hydrogens is 280 g/mol. The predicted octanol–water partition coefficient (Wildman–Crippen LogP) is 2.73. The lowest BCUT2D eigenvalue weighted by atomic mass is 10.0. The van der Waals surface area contributed by atoms with Crippen LogP contribution in [0.5, 0.6) is 0 Å². The van der Waals surface area contributed by atoms with Gasteiger partial charge in [0.05, 0.1) is 0 Å². The van der Waals surface area contributed by atoms with E-state index in [1.54, 1.807) is 0 Å². The molecule has 0 saturated carbocycles. The van der Waals surface area contributed by atoms with E-state index < -0.39 is 0 Å². The molecule has 1 fully saturated rings. The summed E-state index contributed by atoms with van der Waals surface area (Å²) < 4.78 is 0.982. The largest absolute Gasteiger partial charge is 0.326 e. The molecule has 1 heterocycles. The second-order valence-corrected chi connectivity index (χ2v) is 5.60. The van der Waals surface area contributed by atoms with Gasteiger partial charge in [-0.1, -0.05) is 22.0 Å². The molecule has 1 aromatic carbocycles. The van der Waals surface area contributed by atoms with E-state index in [1.807, 2.05) is 24.3 Å². The van der Waals surface area contributed by atoms with Crippen LogP contribution >= 0.6 is 15.9 Å². The van der Waals surface area contributed by atoms with Gasteiger partial charge in [0.25, 0.3) is 0 Å². The minimum absolute atomic E-state index is 0.114. The number of nitrogens with zero attached hydrogens (tertiary/aromatic N) is 1. The zero-order valence-corrected chi connectivity index (χ0v) is 11.5. The molecule has 1 atom stereocenters. The van der Waals surface area contributed by atoms with Crippen molar-refractivity contribution >= 4 is 27.5 Å². The van der Waals surface area contributed by atoms with Gasteiger partial charge < -0.3 is 10.2 Å². The first-order valence-electron chi connectivity index (χ1n) is 5.87. The molecule has 1 N–H and O–H groups in total. The molecule has 1 amide bonds. The maximum Gasteiger partial charge on any atom is 0.224 e. The van der Waals surface area contributed by atoms with E-state index in [9.17, 15) is 4.79 Å². The van der Waals surface area contributed by atoms with Crippen LogP contribution in [0.4, 0.5) is 5.69 Å². The van der Waals surface area contributed by atoms with Crippen molar-refractivity contribution in [3.05, 3.63) is 28.7 Å². The molecule has 3 nitrogen and oxygen atoms in total. The number of nitrogens with one attached hydrogen (secondary N) is 1. The predicted molar refractivity (Wildman–Crippen MR) is 73.0 cm³/mol. The van der Waals surface area contributed by atoms with Gasteiger partial charge in [0, 0.05) is 23.1 Å². The van der Waals surface area contributed by atoms with Gasteiger partial charge in [-0.2, -0.15) is 0 Å². The topological polar surface area (TPSA) is 32.3 Å². The molecule has 1 saturated heterocycles. The van der Waals surface area contributed by atoms with Crippen LogP contribution in [0, 0.1) is 5.92 Å². The van der Waals surface area contributed by atoms with Crippen LogP contribution in [0.25, 0.3) is 0 Å². The number of benzene rings is 1. The maximum atomic E-state index is 11.8. The number of rotatable bonds is 3. The number of hydrogen-bond acceptors (Lipinski definition) is 2. The Labute approximate surface area is 110 Å². The van der Waals surface area contributed by atoms with Gasteiger partial charge in [-0.05, 0) is 44.1 Å². The fourth-order valence-corrected chi connectivity index (χ4v) is 2.63. The smallest absolute Gasteiger partial charge is 0.224 e. The number of halogens is 1. The van der Waals surface area contributed by atoms with Gasteiger partial charge in [0.2, 0.25) is 5.91 Å². The molecule has 2 rings (SSSR count). The molecule has 17 heavy (non-hydrogen) atoms. The minimum atomic E-state index is 0.114. The zero-order valence-electron chi connectivity index (χ0n) is 9.95. The normalized spacial score (nSPS) is 20.5. The molecule has 0 radical (unpaired) electrons. The third-order valence-electron chi connectivity index (χ3n) is 3.07. The Bertz CT molecular complexity index is 408.